The summed E-state index contributed by atoms with van der Waals surface area (Å²) < 4.78 is 0. The molecular weight excluding hydrogens is 266 g/mol. The number of carbonyl (C=O) groups excluding carboxylic acids is 2. The Morgan fingerprint density at radius 3 is 2.29 bits per heavy atom. The molecule has 2 rings (SSSR count). The third kappa shape index (κ3) is 4.86. The van der Waals surface area contributed by atoms with Gasteiger partial charge < -0.3 is 16.4 Å². The van der Waals surface area contributed by atoms with Gasteiger partial charge in [0.2, 0.25) is 11.8 Å². The van der Waals surface area contributed by atoms with Crippen molar-refractivity contribution in [1.29, 1.82) is 0 Å². The van der Waals surface area contributed by atoms with Crippen LogP contribution in [0.5, 0.6) is 0 Å². The van der Waals surface area contributed by atoms with E-state index in [1.54, 1.807) is 24.3 Å². The molecule has 114 valence electrons. The number of carbonyl (C=O) groups is 2. The van der Waals surface area contributed by atoms with Crippen LogP contribution in [0.3, 0.4) is 0 Å². The number of nitrogens with two attached hydrogens (primary N) is 1. The van der Waals surface area contributed by atoms with Crippen LogP contribution >= 0.6 is 0 Å². The van der Waals surface area contributed by atoms with Crippen LogP contribution in [0.2, 0.25) is 0 Å². The van der Waals surface area contributed by atoms with Crippen molar-refractivity contribution in [2.24, 2.45) is 11.7 Å². The molecule has 0 aromatic heterocycles. The van der Waals surface area contributed by atoms with Crippen molar-refractivity contribution in [2.45, 2.75) is 45.1 Å². The number of benzene rings is 1. The van der Waals surface area contributed by atoms with E-state index >= 15 is 0 Å². The van der Waals surface area contributed by atoms with E-state index < -0.39 is 6.04 Å². The lowest BCUT2D eigenvalue weighted by Crippen LogP contribution is -2.35. The molecule has 0 unspecified atom stereocenters. The number of amides is 2. The van der Waals surface area contributed by atoms with Crippen LogP contribution < -0.4 is 16.4 Å². The molecule has 0 heterocycles. The molecule has 1 aromatic carbocycles. The first-order chi connectivity index (χ1) is 10.1. The number of unbranched alkanes of at least 4 members (excludes halogenated alkanes) is 1. The first-order valence-electron chi connectivity index (χ1n) is 7.57. The maximum atomic E-state index is 11.9. The Labute approximate surface area is 125 Å². The molecule has 0 saturated heterocycles. The summed E-state index contributed by atoms with van der Waals surface area (Å²) in [7, 11) is 0. The van der Waals surface area contributed by atoms with Gasteiger partial charge in [-0.1, -0.05) is 19.8 Å². The number of hydrogen-bond donors (Lipinski definition) is 3. The molecule has 5 nitrogen and oxygen atoms in total. The van der Waals surface area contributed by atoms with Crippen molar-refractivity contribution in [2.75, 3.05) is 10.6 Å². The monoisotopic (exact) mass is 289 g/mol. The standard InChI is InChI=1S/C16H23N3O2/c1-2-3-4-14(17)16(21)19-13-9-7-12(8-10-13)18-15(20)11-5-6-11/h7-11,14H,2-6,17H2,1H3,(H,18,20)(H,19,21)/t14-/m0/s1. The van der Waals surface area contributed by atoms with E-state index in [0.29, 0.717) is 12.1 Å². The highest BCUT2D eigenvalue weighted by atomic mass is 16.2. The fraction of sp³-hybridized carbons (Fsp3) is 0.500. The SMILES string of the molecule is CCCC[C@H](N)C(=O)Nc1ccc(NC(=O)C2CC2)cc1. The van der Waals surface area contributed by atoms with Crippen LogP contribution in [0.15, 0.2) is 24.3 Å². The predicted octanol–water partition coefficient (Wildman–Crippen LogP) is 2.49. The molecule has 4 N–H and O–H groups in total. The maximum absolute atomic E-state index is 11.9. The molecule has 1 atom stereocenters. The van der Waals surface area contributed by atoms with Crippen molar-refractivity contribution in [3.8, 4) is 0 Å². The van der Waals surface area contributed by atoms with Crippen molar-refractivity contribution in [1.82, 2.24) is 0 Å². The fourth-order valence-electron chi connectivity index (χ4n) is 2.02. The molecule has 0 spiro atoms. The third-order valence-corrected chi connectivity index (χ3v) is 3.57. The predicted molar refractivity (Wildman–Crippen MR) is 83.9 cm³/mol. The van der Waals surface area contributed by atoms with Crippen molar-refractivity contribution in [3.05, 3.63) is 24.3 Å². The zero-order valence-electron chi connectivity index (χ0n) is 12.4. The number of rotatable bonds is 7. The van der Waals surface area contributed by atoms with Gasteiger partial charge in [-0.2, -0.15) is 0 Å². The normalized spacial score (nSPS) is 15.3. The van der Waals surface area contributed by atoms with Gasteiger partial charge in [-0.05, 0) is 43.5 Å². The molecule has 1 aromatic rings. The van der Waals surface area contributed by atoms with Crippen LogP contribution in [0, 0.1) is 5.92 Å². The summed E-state index contributed by atoms with van der Waals surface area (Å²) in [5.41, 5.74) is 7.26. The summed E-state index contributed by atoms with van der Waals surface area (Å²) in [6.07, 6.45) is 4.63. The molecule has 2 amide bonds. The van der Waals surface area contributed by atoms with Crippen LogP contribution in [0.1, 0.15) is 39.0 Å². The Hall–Kier alpha value is -1.88. The third-order valence-electron chi connectivity index (χ3n) is 3.57. The molecule has 1 aliphatic rings. The second-order valence-electron chi connectivity index (χ2n) is 5.58. The summed E-state index contributed by atoms with van der Waals surface area (Å²) in [5.74, 6) is 0.0903. The van der Waals surface area contributed by atoms with Gasteiger partial charge >= 0.3 is 0 Å². The molecule has 1 saturated carbocycles. The van der Waals surface area contributed by atoms with Crippen molar-refractivity contribution in [3.63, 3.8) is 0 Å². The molecule has 5 heteroatoms. The minimum Gasteiger partial charge on any atom is -0.326 e. The lowest BCUT2D eigenvalue weighted by atomic mass is 10.1. The topological polar surface area (TPSA) is 84.2 Å². The smallest absolute Gasteiger partial charge is 0.241 e. The zero-order valence-corrected chi connectivity index (χ0v) is 12.4. The van der Waals surface area contributed by atoms with Crippen molar-refractivity contribution >= 4 is 23.2 Å². The largest absolute Gasteiger partial charge is 0.326 e. The van der Waals surface area contributed by atoms with E-state index in [4.69, 9.17) is 5.73 Å². The first kappa shape index (κ1) is 15.5. The second-order valence-corrected chi connectivity index (χ2v) is 5.58. The van der Waals surface area contributed by atoms with Gasteiger partial charge in [0.25, 0.3) is 0 Å². The highest BCUT2D eigenvalue weighted by molar-refractivity contribution is 5.96. The second kappa shape index (κ2) is 7.22. The summed E-state index contributed by atoms with van der Waals surface area (Å²) >= 11 is 0. The van der Waals surface area contributed by atoms with Gasteiger partial charge in [0, 0.05) is 17.3 Å². The lowest BCUT2D eigenvalue weighted by molar-refractivity contribution is -0.118. The molecule has 1 aliphatic carbocycles. The van der Waals surface area contributed by atoms with Gasteiger partial charge in [-0.3, -0.25) is 9.59 Å². The van der Waals surface area contributed by atoms with Crippen LogP contribution in [-0.2, 0) is 9.59 Å². The van der Waals surface area contributed by atoms with E-state index in [9.17, 15) is 9.59 Å². The van der Waals surface area contributed by atoms with Gasteiger partial charge in [0.15, 0.2) is 0 Å². The number of hydrogen-bond acceptors (Lipinski definition) is 3. The average Bonchev–Trinajstić information content (AvgIpc) is 3.31. The average molecular weight is 289 g/mol. The summed E-state index contributed by atoms with van der Waals surface area (Å²) in [4.78, 5) is 23.5. The molecule has 1 fully saturated rings. The van der Waals surface area contributed by atoms with E-state index in [1.165, 1.54) is 0 Å². The van der Waals surface area contributed by atoms with Crippen LogP contribution in [0.4, 0.5) is 11.4 Å². The van der Waals surface area contributed by atoms with Crippen LogP contribution in [-0.4, -0.2) is 17.9 Å². The molecule has 0 aliphatic heterocycles. The zero-order chi connectivity index (χ0) is 15.2. The molecule has 0 bridgehead atoms. The van der Waals surface area contributed by atoms with Gasteiger partial charge in [-0.25, -0.2) is 0 Å². The fourth-order valence-corrected chi connectivity index (χ4v) is 2.02. The minimum atomic E-state index is -0.473. The summed E-state index contributed by atoms with van der Waals surface area (Å²) in [5, 5.41) is 5.65. The maximum Gasteiger partial charge on any atom is 0.241 e. The van der Waals surface area contributed by atoms with Gasteiger partial charge in [0.05, 0.1) is 6.04 Å². The Morgan fingerprint density at radius 2 is 1.76 bits per heavy atom. The summed E-state index contributed by atoms with van der Waals surface area (Å²) in [6.45, 7) is 2.07. The highest BCUT2D eigenvalue weighted by Gasteiger charge is 2.29. The summed E-state index contributed by atoms with van der Waals surface area (Å²) in [6, 6.07) is 6.64. The Morgan fingerprint density at radius 1 is 1.19 bits per heavy atom. The Bertz CT molecular complexity index is 495. The first-order valence-corrected chi connectivity index (χ1v) is 7.57. The number of anilines is 2. The van der Waals surface area contributed by atoms with Gasteiger partial charge in [-0.15, -0.1) is 0 Å². The van der Waals surface area contributed by atoms with E-state index in [0.717, 1.165) is 31.4 Å². The van der Waals surface area contributed by atoms with Gasteiger partial charge in [0.1, 0.15) is 0 Å². The molecule has 21 heavy (non-hydrogen) atoms. The Kier molecular flexibility index (Phi) is 5.33. The highest BCUT2D eigenvalue weighted by Crippen LogP contribution is 2.30. The van der Waals surface area contributed by atoms with E-state index in [2.05, 4.69) is 17.6 Å². The van der Waals surface area contributed by atoms with Crippen LogP contribution in [0.25, 0.3) is 0 Å². The quantitative estimate of drug-likeness (QED) is 0.721. The molecule has 0 radical (unpaired) electrons. The van der Waals surface area contributed by atoms with E-state index in [-0.39, 0.29) is 17.7 Å². The number of nitrogens with one attached hydrogen (secondary N) is 2. The lowest BCUT2D eigenvalue weighted by Gasteiger charge is -2.12. The van der Waals surface area contributed by atoms with E-state index in [1.807, 2.05) is 0 Å². The Balaban J connectivity index is 1.83. The minimum absolute atomic E-state index is 0.0772. The van der Waals surface area contributed by atoms with Crippen molar-refractivity contribution < 1.29 is 9.59 Å². The molecular formula is C16H23N3O2.